The van der Waals surface area contributed by atoms with Gasteiger partial charge in [-0.1, -0.05) is 30.3 Å². The lowest BCUT2D eigenvalue weighted by Gasteiger charge is -2.15. The van der Waals surface area contributed by atoms with Crippen molar-refractivity contribution in [3.8, 4) is 11.3 Å². The number of rotatable bonds is 5. The van der Waals surface area contributed by atoms with Crippen LogP contribution in [0.3, 0.4) is 0 Å². The third-order valence-electron chi connectivity index (χ3n) is 6.23. The van der Waals surface area contributed by atoms with Crippen LogP contribution in [0.2, 0.25) is 0 Å². The van der Waals surface area contributed by atoms with E-state index >= 15 is 0 Å². The maximum absolute atomic E-state index is 13.3. The second-order valence-electron chi connectivity index (χ2n) is 8.94. The topological polar surface area (TPSA) is 88.9 Å². The molecule has 1 amide bonds. The Morgan fingerprint density at radius 1 is 0.923 bits per heavy atom. The Labute approximate surface area is 221 Å². The smallest absolute Gasteiger partial charge is 0.324 e. The van der Waals surface area contributed by atoms with E-state index in [2.05, 4.69) is 20.6 Å². The molecule has 2 heterocycles. The van der Waals surface area contributed by atoms with Crippen molar-refractivity contribution in [1.82, 2.24) is 14.5 Å². The first kappa shape index (κ1) is 25.7. The number of carbonyl (C=O) groups is 1. The maximum Gasteiger partial charge on any atom is 0.416 e. The summed E-state index contributed by atoms with van der Waals surface area (Å²) >= 11 is 0. The van der Waals surface area contributed by atoms with Crippen LogP contribution >= 0.6 is 0 Å². The number of halogens is 3. The average molecular weight is 530 g/mol. The van der Waals surface area contributed by atoms with E-state index in [9.17, 15) is 22.8 Å². The maximum atomic E-state index is 13.3. The standard InChI is InChI=1S/C29H22F3N5O2/c1-17-11-12-22(34-26(38)18-7-6-8-20(13-18)29(30,31)32)15-23(17)24-14-19-16-33-28(35-21-9-4-3-5-10-21)36-25(19)27(39)37(24)2/h3-16H,1-2H3,(H,34,38)(H,33,35,36). The second-order valence-corrected chi connectivity index (χ2v) is 8.94. The fourth-order valence-electron chi connectivity index (χ4n) is 4.17. The fraction of sp³-hybridized carbons (Fsp3) is 0.103. The van der Waals surface area contributed by atoms with Crippen LogP contribution in [0.1, 0.15) is 21.5 Å². The number of aromatic nitrogens is 3. The molecular weight excluding hydrogens is 507 g/mol. The summed E-state index contributed by atoms with van der Waals surface area (Å²) in [7, 11) is 1.62. The lowest BCUT2D eigenvalue weighted by molar-refractivity contribution is -0.137. The molecule has 0 aliphatic rings. The van der Waals surface area contributed by atoms with Crippen LogP contribution in [-0.2, 0) is 13.2 Å². The lowest BCUT2D eigenvalue weighted by atomic mass is 10.0. The van der Waals surface area contributed by atoms with Gasteiger partial charge in [0.2, 0.25) is 5.95 Å². The van der Waals surface area contributed by atoms with Crippen LogP contribution in [-0.4, -0.2) is 20.4 Å². The van der Waals surface area contributed by atoms with Crippen molar-refractivity contribution >= 4 is 34.1 Å². The van der Waals surface area contributed by atoms with E-state index in [0.717, 1.165) is 23.4 Å². The van der Waals surface area contributed by atoms with E-state index in [4.69, 9.17) is 0 Å². The van der Waals surface area contributed by atoms with Gasteiger partial charge in [0.1, 0.15) is 5.52 Å². The molecule has 0 aliphatic carbocycles. The number of benzene rings is 3. The van der Waals surface area contributed by atoms with Gasteiger partial charge < -0.3 is 15.2 Å². The predicted octanol–water partition coefficient (Wildman–Crippen LogP) is 6.32. The van der Waals surface area contributed by atoms with Gasteiger partial charge in [-0.25, -0.2) is 9.97 Å². The summed E-state index contributed by atoms with van der Waals surface area (Å²) in [4.78, 5) is 34.8. The lowest BCUT2D eigenvalue weighted by Crippen LogP contribution is -2.20. The van der Waals surface area contributed by atoms with Crippen LogP contribution in [0.15, 0.2) is 89.9 Å². The zero-order valence-corrected chi connectivity index (χ0v) is 20.9. The first-order valence-electron chi connectivity index (χ1n) is 11.9. The molecule has 10 heteroatoms. The molecule has 0 unspecified atom stereocenters. The number of nitrogens with zero attached hydrogens (tertiary/aromatic N) is 3. The van der Waals surface area contributed by atoms with Crippen molar-refractivity contribution in [3.63, 3.8) is 0 Å². The van der Waals surface area contributed by atoms with Gasteiger partial charge >= 0.3 is 6.18 Å². The molecule has 0 saturated carbocycles. The van der Waals surface area contributed by atoms with Gasteiger partial charge in [0.15, 0.2) is 0 Å². The molecule has 7 nitrogen and oxygen atoms in total. The molecule has 0 atom stereocenters. The van der Waals surface area contributed by atoms with Crippen molar-refractivity contribution in [2.45, 2.75) is 13.1 Å². The Balaban J connectivity index is 1.47. The normalized spacial score (nSPS) is 11.4. The van der Waals surface area contributed by atoms with E-state index in [1.165, 1.54) is 16.7 Å². The van der Waals surface area contributed by atoms with Crippen LogP contribution in [0.25, 0.3) is 22.2 Å². The first-order chi connectivity index (χ1) is 18.6. The van der Waals surface area contributed by atoms with Crippen LogP contribution < -0.4 is 16.2 Å². The van der Waals surface area contributed by atoms with E-state index in [1.54, 1.807) is 37.5 Å². The number of pyridine rings is 1. The highest BCUT2D eigenvalue weighted by Gasteiger charge is 2.31. The highest BCUT2D eigenvalue weighted by Crippen LogP contribution is 2.31. The van der Waals surface area contributed by atoms with Gasteiger partial charge in [0.05, 0.1) is 11.3 Å². The average Bonchev–Trinajstić information content (AvgIpc) is 2.92. The highest BCUT2D eigenvalue weighted by atomic mass is 19.4. The summed E-state index contributed by atoms with van der Waals surface area (Å²) < 4.78 is 40.7. The van der Waals surface area contributed by atoms with Gasteiger partial charge in [0, 0.05) is 41.1 Å². The van der Waals surface area contributed by atoms with E-state index < -0.39 is 17.6 Å². The number of anilines is 3. The molecule has 3 aromatic carbocycles. The Bertz CT molecular complexity index is 1770. The molecule has 0 saturated heterocycles. The second kappa shape index (κ2) is 10.1. The van der Waals surface area contributed by atoms with Gasteiger partial charge in [-0.15, -0.1) is 0 Å². The number of aryl methyl sites for hydroxylation is 1. The van der Waals surface area contributed by atoms with E-state index in [-0.39, 0.29) is 22.6 Å². The summed E-state index contributed by atoms with van der Waals surface area (Å²) in [5, 5.41) is 6.26. The third kappa shape index (κ3) is 5.35. The summed E-state index contributed by atoms with van der Waals surface area (Å²) in [6, 6.07) is 20.4. The minimum absolute atomic E-state index is 0.123. The molecule has 0 fully saturated rings. The quantitative estimate of drug-likeness (QED) is 0.278. The largest absolute Gasteiger partial charge is 0.416 e. The van der Waals surface area contributed by atoms with E-state index in [0.29, 0.717) is 22.3 Å². The molecule has 5 rings (SSSR count). The first-order valence-corrected chi connectivity index (χ1v) is 11.9. The van der Waals surface area contributed by atoms with Gasteiger partial charge in [-0.05, 0) is 61.0 Å². The van der Waals surface area contributed by atoms with Crippen molar-refractivity contribution in [2.75, 3.05) is 10.6 Å². The predicted molar refractivity (Wildman–Crippen MR) is 144 cm³/mol. The Hall–Kier alpha value is -4.99. The Kier molecular flexibility index (Phi) is 6.61. The van der Waals surface area contributed by atoms with Crippen LogP contribution in [0.5, 0.6) is 0 Å². The zero-order valence-electron chi connectivity index (χ0n) is 20.9. The molecule has 0 spiro atoms. The number of alkyl halides is 3. The van der Waals surface area contributed by atoms with Crippen molar-refractivity contribution < 1.29 is 18.0 Å². The number of hydrogen-bond donors (Lipinski definition) is 2. The summed E-state index contributed by atoms with van der Waals surface area (Å²) in [5.41, 5.74) is 2.06. The van der Waals surface area contributed by atoms with Gasteiger partial charge in [0.25, 0.3) is 11.5 Å². The SMILES string of the molecule is Cc1ccc(NC(=O)c2cccc(C(F)(F)F)c2)cc1-c1cc2cnc(Nc3ccccc3)nc2c(=O)n1C. The highest BCUT2D eigenvalue weighted by molar-refractivity contribution is 6.04. The number of amides is 1. The summed E-state index contributed by atoms with van der Waals surface area (Å²) in [6.07, 6.45) is -3.00. The number of carbonyl (C=O) groups excluding carboxylic acids is 1. The summed E-state index contributed by atoms with van der Waals surface area (Å²) in [5.74, 6) is -0.399. The molecule has 196 valence electrons. The van der Waals surface area contributed by atoms with Crippen LogP contribution in [0.4, 0.5) is 30.5 Å². The number of nitrogens with one attached hydrogen (secondary N) is 2. The summed E-state index contributed by atoms with van der Waals surface area (Å²) in [6.45, 7) is 1.85. The minimum atomic E-state index is -4.56. The van der Waals surface area contributed by atoms with E-state index in [1.807, 2.05) is 37.3 Å². The third-order valence-corrected chi connectivity index (χ3v) is 6.23. The molecule has 2 N–H and O–H groups in total. The Morgan fingerprint density at radius 2 is 1.69 bits per heavy atom. The zero-order chi connectivity index (χ0) is 27.7. The number of fused-ring (bicyclic) bond motifs is 1. The van der Waals surface area contributed by atoms with Gasteiger partial charge in [-0.3, -0.25) is 9.59 Å². The van der Waals surface area contributed by atoms with Crippen LogP contribution in [0, 0.1) is 6.92 Å². The molecular formula is C29H22F3N5O2. The molecule has 0 bridgehead atoms. The molecule has 0 aliphatic heterocycles. The van der Waals surface area contributed by atoms with Crippen molar-refractivity contribution in [2.24, 2.45) is 7.05 Å². The number of hydrogen-bond acceptors (Lipinski definition) is 5. The molecule has 39 heavy (non-hydrogen) atoms. The number of para-hydroxylation sites is 1. The van der Waals surface area contributed by atoms with Gasteiger partial charge in [-0.2, -0.15) is 13.2 Å². The van der Waals surface area contributed by atoms with Crippen molar-refractivity contribution in [1.29, 1.82) is 0 Å². The molecule has 2 aromatic heterocycles. The monoisotopic (exact) mass is 529 g/mol. The fourth-order valence-corrected chi connectivity index (χ4v) is 4.17. The minimum Gasteiger partial charge on any atom is -0.324 e. The Morgan fingerprint density at radius 3 is 2.44 bits per heavy atom. The molecule has 5 aromatic rings. The molecule has 0 radical (unpaired) electrons. The van der Waals surface area contributed by atoms with Crippen molar-refractivity contribution in [3.05, 3.63) is 112 Å².